The van der Waals surface area contributed by atoms with Crippen molar-refractivity contribution < 1.29 is 28.2 Å². The van der Waals surface area contributed by atoms with Gasteiger partial charge in [-0.1, -0.05) is 30.3 Å². The molecule has 0 saturated carbocycles. The number of benzene rings is 2. The first-order chi connectivity index (χ1) is 11.9. The molecule has 1 atom stereocenters. The van der Waals surface area contributed by atoms with Crippen LogP contribution in [0.4, 0.5) is 8.78 Å². The fourth-order valence-corrected chi connectivity index (χ4v) is 2.17. The van der Waals surface area contributed by atoms with Crippen molar-refractivity contribution in [2.45, 2.75) is 25.5 Å². The monoisotopic (exact) mass is 387 g/mol. The normalized spacial score (nSPS) is 12.0. The lowest BCUT2D eigenvalue weighted by Crippen LogP contribution is -2.41. The first kappa shape index (κ1) is 21.7. The van der Waals surface area contributed by atoms with Crippen LogP contribution in [0.2, 0.25) is 0 Å². The maximum atomic E-state index is 14.0. The summed E-state index contributed by atoms with van der Waals surface area (Å²) in [6.07, 6.45) is 0. The maximum absolute atomic E-state index is 14.0. The molecule has 0 bridgehead atoms. The minimum absolute atomic E-state index is 0. The number of ether oxygens (including phenoxy) is 2. The van der Waals surface area contributed by atoms with Crippen molar-refractivity contribution in [3.8, 4) is 11.5 Å². The first-order valence-corrected chi connectivity index (χ1v) is 7.66. The quantitative estimate of drug-likeness (QED) is 0.709. The third kappa shape index (κ3) is 5.06. The van der Waals surface area contributed by atoms with Crippen molar-refractivity contribution in [1.29, 1.82) is 0 Å². The lowest BCUT2D eigenvalue weighted by atomic mass is 10.00. The van der Waals surface area contributed by atoms with Crippen LogP contribution in [0.15, 0.2) is 48.5 Å². The number of esters is 1. The highest BCUT2D eigenvalue weighted by molar-refractivity contribution is 5.85. The molecule has 0 spiro atoms. The van der Waals surface area contributed by atoms with Crippen molar-refractivity contribution >= 4 is 18.4 Å². The van der Waals surface area contributed by atoms with Crippen molar-refractivity contribution in [2.24, 2.45) is 5.73 Å². The van der Waals surface area contributed by atoms with E-state index >= 15 is 0 Å². The smallest absolute Gasteiger partial charge is 0.379 e. The number of hydrogen-bond donors (Lipinski definition) is 2. The van der Waals surface area contributed by atoms with Crippen LogP contribution < -0.4 is 10.5 Å². The summed E-state index contributed by atoms with van der Waals surface area (Å²) in [5.41, 5.74) is 6.11. The van der Waals surface area contributed by atoms with Crippen LogP contribution in [0.3, 0.4) is 0 Å². The molecule has 26 heavy (non-hydrogen) atoms. The Morgan fingerprint density at radius 1 is 1.23 bits per heavy atom. The Hall–Kier alpha value is -2.38. The van der Waals surface area contributed by atoms with Gasteiger partial charge in [-0.25, -0.2) is 4.79 Å². The molecule has 0 heterocycles. The Kier molecular flexibility index (Phi) is 7.79. The molecule has 3 N–H and O–H groups in total. The number of phenols is 1. The van der Waals surface area contributed by atoms with Crippen molar-refractivity contribution in [3.05, 3.63) is 59.7 Å². The van der Waals surface area contributed by atoms with Gasteiger partial charge in [-0.15, -0.1) is 12.4 Å². The minimum Gasteiger partial charge on any atom is -0.507 e. The SMILES string of the molecule is CCOC(=O)C(F)(F)[C@H](N)c1ccc(OCc2ccccc2)cc1O.Cl. The topological polar surface area (TPSA) is 81.8 Å². The number of phenolic OH excluding ortho intramolecular Hbond substituents is 1. The number of alkyl halides is 2. The molecule has 0 aliphatic rings. The van der Waals surface area contributed by atoms with Gasteiger partial charge in [0.2, 0.25) is 0 Å². The molecule has 2 aromatic rings. The molecule has 142 valence electrons. The second kappa shape index (κ2) is 9.35. The second-order valence-corrected chi connectivity index (χ2v) is 5.32. The van der Waals surface area contributed by atoms with Crippen LogP contribution in [0.1, 0.15) is 24.1 Å². The van der Waals surface area contributed by atoms with Gasteiger partial charge in [0.15, 0.2) is 0 Å². The number of carbonyl (C=O) groups excluding carboxylic acids is 1. The highest BCUT2D eigenvalue weighted by Gasteiger charge is 2.48. The third-order valence-corrected chi connectivity index (χ3v) is 3.52. The fraction of sp³-hybridized carbons (Fsp3) is 0.278. The molecule has 0 amide bonds. The second-order valence-electron chi connectivity index (χ2n) is 5.32. The van der Waals surface area contributed by atoms with Crippen molar-refractivity contribution in [3.63, 3.8) is 0 Å². The number of aromatic hydroxyl groups is 1. The zero-order valence-corrected chi connectivity index (χ0v) is 14.8. The number of halogens is 3. The van der Waals surface area contributed by atoms with Crippen LogP contribution in [0.5, 0.6) is 11.5 Å². The van der Waals surface area contributed by atoms with Crippen LogP contribution in [0, 0.1) is 0 Å². The van der Waals surface area contributed by atoms with E-state index in [0.717, 1.165) is 5.56 Å². The average Bonchev–Trinajstić information content (AvgIpc) is 2.60. The van der Waals surface area contributed by atoms with Crippen LogP contribution in [-0.4, -0.2) is 23.6 Å². The summed E-state index contributed by atoms with van der Waals surface area (Å²) >= 11 is 0. The Balaban J connectivity index is 0.00000338. The molecule has 0 fully saturated rings. The maximum Gasteiger partial charge on any atom is 0.379 e. The Bertz CT molecular complexity index is 728. The molecule has 2 aromatic carbocycles. The molecule has 0 saturated heterocycles. The lowest BCUT2D eigenvalue weighted by Gasteiger charge is -2.22. The van der Waals surface area contributed by atoms with Gasteiger partial charge in [0.05, 0.1) is 6.61 Å². The van der Waals surface area contributed by atoms with E-state index in [9.17, 15) is 18.7 Å². The molecule has 8 heteroatoms. The summed E-state index contributed by atoms with van der Waals surface area (Å²) in [7, 11) is 0. The van der Waals surface area contributed by atoms with E-state index in [1.165, 1.54) is 25.1 Å². The zero-order valence-electron chi connectivity index (χ0n) is 14.0. The Morgan fingerprint density at radius 2 is 1.88 bits per heavy atom. The summed E-state index contributed by atoms with van der Waals surface area (Å²) in [4.78, 5) is 11.4. The van der Waals surface area contributed by atoms with Gasteiger partial charge in [0.25, 0.3) is 0 Å². The first-order valence-electron chi connectivity index (χ1n) is 7.66. The minimum atomic E-state index is -3.96. The third-order valence-electron chi connectivity index (χ3n) is 3.52. The predicted molar refractivity (Wildman–Crippen MR) is 94.6 cm³/mol. The summed E-state index contributed by atoms with van der Waals surface area (Å²) in [5, 5.41) is 9.99. The van der Waals surface area contributed by atoms with Gasteiger partial charge in [-0.05, 0) is 24.6 Å². The summed E-state index contributed by atoms with van der Waals surface area (Å²) in [6.45, 7) is 1.47. The van der Waals surface area contributed by atoms with Crippen LogP contribution in [0.25, 0.3) is 0 Å². The predicted octanol–water partition coefficient (Wildman–Crippen LogP) is 3.59. The van der Waals surface area contributed by atoms with Gasteiger partial charge in [0, 0.05) is 11.6 Å². The number of hydrogen-bond acceptors (Lipinski definition) is 5. The standard InChI is InChI=1S/C18H19F2NO4.ClH/c1-2-24-17(23)18(19,20)16(21)14-9-8-13(10-15(14)22)25-11-12-6-4-3-5-7-12;/h3-10,16,22H,2,11,21H2,1H3;1H/t16-;/m1./s1. The van der Waals surface area contributed by atoms with Gasteiger partial charge in [-0.3, -0.25) is 0 Å². The number of nitrogens with two attached hydrogens (primary N) is 1. The molecular formula is C18H20ClF2NO4. The van der Waals surface area contributed by atoms with Gasteiger partial charge >= 0.3 is 11.9 Å². The fourth-order valence-electron chi connectivity index (χ4n) is 2.17. The van der Waals surface area contributed by atoms with Gasteiger partial charge < -0.3 is 20.3 Å². The molecule has 0 radical (unpaired) electrons. The number of rotatable bonds is 7. The average molecular weight is 388 g/mol. The number of carbonyl (C=O) groups is 1. The van der Waals surface area contributed by atoms with E-state index in [-0.39, 0.29) is 36.9 Å². The van der Waals surface area contributed by atoms with Crippen LogP contribution >= 0.6 is 12.4 Å². The van der Waals surface area contributed by atoms with E-state index < -0.39 is 23.7 Å². The van der Waals surface area contributed by atoms with E-state index in [4.69, 9.17) is 10.5 Å². The Morgan fingerprint density at radius 3 is 2.46 bits per heavy atom. The highest BCUT2D eigenvalue weighted by atomic mass is 35.5. The molecule has 0 unspecified atom stereocenters. The van der Waals surface area contributed by atoms with Crippen LogP contribution in [-0.2, 0) is 16.1 Å². The van der Waals surface area contributed by atoms with E-state index in [2.05, 4.69) is 4.74 Å². The van der Waals surface area contributed by atoms with Gasteiger partial charge in [0.1, 0.15) is 24.1 Å². The Labute approximate surface area is 156 Å². The summed E-state index contributed by atoms with van der Waals surface area (Å²) < 4.78 is 37.8. The summed E-state index contributed by atoms with van der Waals surface area (Å²) in [6, 6.07) is 11.1. The molecular weight excluding hydrogens is 368 g/mol. The van der Waals surface area contributed by atoms with Crippen molar-refractivity contribution in [1.82, 2.24) is 0 Å². The van der Waals surface area contributed by atoms with E-state index in [1.54, 1.807) is 0 Å². The summed E-state index contributed by atoms with van der Waals surface area (Å²) in [5.74, 6) is -5.88. The molecule has 0 aromatic heterocycles. The largest absolute Gasteiger partial charge is 0.507 e. The van der Waals surface area contributed by atoms with E-state index in [0.29, 0.717) is 0 Å². The van der Waals surface area contributed by atoms with Crippen molar-refractivity contribution in [2.75, 3.05) is 6.61 Å². The highest BCUT2D eigenvalue weighted by Crippen LogP contribution is 2.36. The molecule has 2 rings (SSSR count). The molecule has 0 aliphatic carbocycles. The molecule has 0 aliphatic heterocycles. The van der Waals surface area contributed by atoms with E-state index in [1.807, 2.05) is 30.3 Å². The lowest BCUT2D eigenvalue weighted by molar-refractivity contribution is -0.174. The zero-order chi connectivity index (χ0) is 18.4. The molecule has 5 nitrogen and oxygen atoms in total. The van der Waals surface area contributed by atoms with Gasteiger partial charge in [-0.2, -0.15) is 8.78 Å².